The molecule has 2 heterocycles. The summed E-state index contributed by atoms with van der Waals surface area (Å²) < 4.78 is 7.23. The topological polar surface area (TPSA) is 110 Å². The minimum Gasteiger partial charge on any atom is -0.493 e. The van der Waals surface area contributed by atoms with Crippen molar-refractivity contribution in [2.75, 3.05) is 6.61 Å². The lowest BCUT2D eigenvalue weighted by Crippen LogP contribution is -2.12. The molecule has 0 amide bonds. The summed E-state index contributed by atoms with van der Waals surface area (Å²) in [6.45, 7) is 4.35. The van der Waals surface area contributed by atoms with Gasteiger partial charge in [-0.25, -0.2) is 9.78 Å². The van der Waals surface area contributed by atoms with Crippen LogP contribution in [-0.4, -0.2) is 37.4 Å². The molecule has 3 aromatic rings. The second-order valence-electron chi connectivity index (χ2n) is 6.29. The molecule has 0 aliphatic carbocycles. The summed E-state index contributed by atoms with van der Waals surface area (Å²) >= 11 is 0. The molecule has 8 nitrogen and oxygen atoms in total. The largest absolute Gasteiger partial charge is 0.493 e. The van der Waals surface area contributed by atoms with Crippen molar-refractivity contribution < 1.29 is 14.6 Å². The average Bonchev–Trinajstić information content (AvgIpc) is 2.97. The van der Waals surface area contributed by atoms with Crippen LogP contribution in [0.25, 0.3) is 28.5 Å². The van der Waals surface area contributed by atoms with Crippen LogP contribution in [0.2, 0.25) is 0 Å². The molecule has 2 N–H and O–H groups in total. The standard InChI is InChI=1S/C20H22N4O4/c1-4-6-14-17-18(24(3)23-14)20(27)22-19(21-17)13-11-12(8-10-16(25)26)7-9-15(13)28-5-2/h7-11H,4-6H2,1-3H3,(H,25,26)(H,21,22,27). The van der Waals surface area contributed by atoms with Gasteiger partial charge in [0.2, 0.25) is 0 Å². The smallest absolute Gasteiger partial charge is 0.328 e. The Morgan fingerprint density at radius 3 is 2.82 bits per heavy atom. The highest BCUT2D eigenvalue weighted by atomic mass is 16.5. The van der Waals surface area contributed by atoms with Crippen molar-refractivity contribution >= 4 is 23.1 Å². The van der Waals surface area contributed by atoms with E-state index in [1.54, 1.807) is 29.9 Å². The molecule has 0 saturated heterocycles. The summed E-state index contributed by atoms with van der Waals surface area (Å²) in [6.07, 6.45) is 4.13. The third kappa shape index (κ3) is 3.80. The monoisotopic (exact) mass is 382 g/mol. The average molecular weight is 382 g/mol. The van der Waals surface area contributed by atoms with Crippen LogP contribution in [-0.2, 0) is 18.3 Å². The summed E-state index contributed by atoms with van der Waals surface area (Å²) in [4.78, 5) is 31.0. The number of aromatic nitrogens is 4. The first-order valence-electron chi connectivity index (χ1n) is 9.08. The highest BCUT2D eigenvalue weighted by Gasteiger charge is 2.17. The number of nitrogens with one attached hydrogen (secondary N) is 1. The number of carboxylic acids is 1. The lowest BCUT2D eigenvalue weighted by molar-refractivity contribution is -0.131. The van der Waals surface area contributed by atoms with Crippen molar-refractivity contribution in [1.29, 1.82) is 0 Å². The summed E-state index contributed by atoms with van der Waals surface area (Å²) in [5.74, 6) is -0.127. The van der Waals surface area contributed by atoms with Gasteiger partial charge in [-0.15, -0.1) is 0 Å². The van der Waals surface area contributed by atoms with Gasteiger partial charge in [0.15, 0.2) is 5.52 Å². The van der Waals surface area contributed by atoms with Gasteiger partial charge in [0.25, 0.3) is 5.56 Å². The number of nitrogens with zero attached hydrogens (tertiary/aromatic N) is 3. The van der Waals surface area contributed by atoms with Gasteiger partial charge in [-0.3, -0.25) is 9.48 Å². The van der Waals surface area contributed by atoms with Gasteiger partial charge in [-0.05, 0) is 37.1 Å². The third-order valence-corrected chi connectivity index (χ3v) is 4.23. The fraction of sp³-hybridized carbons (Fsp3) is 0.300. The zero-order chi connectivity index (χ0) is 20.3. The number of carbonyl (C=O) groups is 1. The minimum atomic E-state index is -1.04. The van der Waals surface area contributed by atoms with E-state index in [2.05, 4.69) is 15.1 Å². The Morgan fingerprint density at radius 1 is 1.36 bits per heavy atom. The molecule has 0 spiro atoms. The van der Waals surface area contributed by atoms with Crippen LogP contribution in [0, 0.1) is 0 Å². The van der Waals surface area contributed by atoms with Crippen molar-refractivity contribution in [3.05, 3.63) is 45.9 Å². The van der Waals surface area contributed by atoms with Gasteiger partial charge in [-0.2, -0.15) is 5.10 Å². The summed E-state index contributed by atoms with van der Waals surface area (Å²) in [6, 6.07) is 5.22. The Hall–Kier alpha value is -3.42. The summed E-state index contributed by atoms with van der Waals surface area (Å²) in [5.41, 5.74) is 2.71. The van der Waals surface area contributed by atoms with Crippen molar-refractivity contribution in [1.82, 2.24) is 19.7 Å². The number of hydrogen-bond donors (Lipinski definition) is 2. The van der Waals surface area contributed by atoms with Crippen LogP contribution in [0.15, 0.2) is 29.1 Å². The maximum Gasteiger partial charge on any atom is 0.328 e. The van der Waals surface area contributed by atoms with Crippen molar-refractivity contribution in [3.8, 4) is 17.1 Å². The molecule has 0 aliphatic rings. The van der Waals surface area contributed by atoms with Crippen molar-refractivity contribution in [3.63, 3.8) is 0 Å². The van der Waals surface area contributed by atoms with Crippen molar-refractivity contribution in [2.45, 2.75) is 26.7 Å². The second-order valence-corrected chi connectivity index (χ2v) is 6.29. The zero-order valence-electron chi connectivity index (χ0n) is 16.0. The van der Waals surface area contributed by atoms with Crippen molar-refractivity contribution in [2.24, 2.45) is 7.05 Å². The number of carboxylic acid groups (broad SMARTS) is 1. The normalized spacial score (nSPS) is 11.4. The van der Waals surface area contributed by atoms with E-state index in [1.807, 2.05) is 13.8 Å². The Bertz CT molecular complexity index is 1110. The molecule has 1 aromatic carbocycles. The minimum absolute atomic E-state index is 0.286. The molecule has 146 valence electrons. The predicted octanol–water partition coefficient (Wildman–Crippen LogP) is 2.77. The van der Waals surface area contributed by atoms with E-state index in [4.69, 9.17) is 9.84 Å². The number of fused-ring (bicyclic) bond motifs is 1. The number of hydrogen-bond acceptors (Lipinski definition) is 5. The molecule has 3 rings (SSSR count). The molecule has 0 aliphatic heterocycles. The molecule has 8 heteroatoms. The Labute approximate surface area is 161 Å². The lowest BCUT2D eigenvalue weighted by atomic mass is 10.1. The van der Waals surface area contributed by atoms with Gasteiger partial charge >= 0.3 is 5.97 Å². The molecule has 28 heavy (non-hydrogen) atoms. The number of rotatable bonds is 7. The fourth-order valence-corrected chi connectivity index (χ4v) is 3.06. The molecule has 0 saturated carbocycles. The number of aryl methyl sites for hydroxylation is 2. The first kappa shape index (κ1) is 19.3. The second kappa shape index (κ2) is 8.08. The molecule has 0 bridgehead atoms. The zero-order valence-corrected chi connectivity index (χ0v) is 16.0. The maximum atomic E-state index is 12.7. The van der Waals surface area contributed by atoms with E-state index in [-0.39, 0.29) is 5.56 Å². The molecular weight excluding hydrogens is 360 g/mol. The van der Waals surface area contributed by atoms with Crippen LogP contribution in [0.5, 0.6) is 5.75 Å². The van der Waals surface area contributed by atoms with E-state index in [0.717, 1.165) is 18.2 Å². The van der Waals surface area contributed by atoms with Gasteiger partial charge in [0.05, 0.1) is 17.9 Å². The molecule has 0 unspecified atom stereocenters. The molecule has 0 fully saturated rings. The highest BCUT2D eigenvalue weighted by molar-refractivity contribution is 5.86. The lowest BCUT2D eigenvalue weighted by Gasteiger charge is -2.11. The fourth-order valence-electron chi connectivity index (χ4n) is 3.06. The Kier molecular flexibility index (Phi) is 5.58. The van der Waals surface area contributed by atoms with Crippen LogP contribution >= 0.6 is 0 Å². The quantitative estimate of drug-likeness (QED) is 0.608. The highest BCUT2D eigenvalue weighted by Crippen LogP contribution is 2.30. The van der Waals surface area contributed by atoms with Crippen LogP contribution in [0.3, 0.4) is 0 Å². The Balaban J connectivity index is 2.22. The van der Waals surface area contributed by atoms with Gasteiger partial charge in [0.1, 0.15) is 17.1 Å². The SMILES string of the molecule is CCCc1nn(C)c2c(=O)[nH]c(-c3cc(C=CC(=O)O)ccc3OCC)nc12. The number of aliphatic carboxylic acids is 1. The molecule has 2 aromatic heterocycles. The summed E-state index contributed by atoms with van der Waals surface area (Å²) in [7, 11) is 1.72. The van der Waals surface area contributed by atoms with E-state index in [1.165, 1.54) is 6.08 Å². The predicted molar refractivity (Wildman–Crippen MR) is 106 cm³/mol. The van der Waals surface area contributed by atoms with E-state index in [9.17, 15) is 9.59 Å². The number of ether oxygens (including phenoxy) is 1. The van der Waals surface area contributed by atoms with E-state index >= 15 is 0 Å². The van der Waals surface area contributed by atoms with Gasteiger partial charge < -0.3 is 14.8 Å². The van der Waals surface area contributed by atoms with Gasteiger partial charge in [-0.1, -0.05) is 19.4 Å². The number of benzene rings is 1. The number of aromatic amines is 1. The van der Waals surface area contributed by atoms with Crippen LogP contribution in [0.4, 0.5) is 0 Å². The first-order valence-corrected chi connectivity index (χ1v) is 9.08. The number of H-pyrrole nitrogens is 1. The molecule has 0 atom stereocenters. The third-order valence-electron chi connectivity index (χ3n) is 4.23. The molecule has 0 radical (unpaired) electrons. The van der Waals surface area contributed by atoms with E-state index in [0.29, 0.717) is 46.8 Å². The van der Waals surface area contributed by atoms with E-state index < -0.39 is 5.97 Å². The van der Waals surface area contributed by atoms with Crippen LogP contribution < -0.4 is 10.3 Å². The first-order chi connectivity index (χ1) is 13.4. The summed E-state index contributed by atoms with van der Waals surface area (Å²) in [5, 5.41) is 13.3. The van der Waals surface area contributed by atoms with Gasteiger partial charge in [0, 0.05) is 13.1 Å². The Morgan fingerprint density at radius 2 is 2.14 bits per heavy atom. The molecular formula is C20H22N4O4. The maximum absolute atomic E-state index is 12.7. The van der Waals surface area contributed by atoms with Crippen LogP contribution in [0.1, 0.15) is 31.5 Å².